The highest BCUT2D eigenvalue weighted by Gasteiger charge is 2.14. The molecule has 1 atom stereocenters. The molecule has 1 aromatic heterocycles. The maximum absolute atomic E-state index is 5.65. The van der Waals surface area contributed by atoms with Crippen molar-refractivity contribution >= 4 is 10.9 Å². The normalized spacial score (nSPS) is 18.6. The summed E-state index contributed by atoms with van der Waals surface area (Å²) in [5, 5.41) is 4.74. The van der Waals surface area contributed by atoms with Crippen molar-refractivity contribution in [2.24, 2.45) is 0 Å². The predicted molar refractivity (Wildman–Crippen MR) is 84.4 cm³/mol. The fraction of sp³-hybridized carbons (Fsp3) is 0.529. The summed E-state index contributed by atoms with van der Waals surface area (Å²) < 4.78 is 11.2. The van der Waals surface area contributed by atoms with E-state index in [1.807, 2.05) is 6.20 Å². The Bertz CT molecular complexity index is 546. The van der Waals surface area contributed by atoms with E-state index in [0.717, 1.165) is 45.8 Å². The average molecular weight is 288 g/mol. The average Bonchev–Trinajstić information content (AvgIpc) is 3.17. The zero-order valence-electron chi connectivity index (χ0n) is 12.4. The third-order valence-corrected chi connectivity index (χ3v) is 3.92. The van der Waals surface area contributed by atoms with Gasteiger partial charge in [-0.3, -0.25) is 0 Å². The Morgan fingerprint density at radius 1 is 1.33 bits per heavy atom. The molecule has 2 N–H and O–H groups in total. The van der Waals surface area contributed by atoms with Gasteiger partial charge in [0, 0.05) is 31.5 Å². The van der Waals surface area contributed by atoms with Crippen molar-refractivity contribution in [3.8, 4) is 0 Å². The molecule has 0 amide bonds. The summed E-state index contributed by atoms with van der Waals surface area (Å²) >= 11 is 0. The van der Waals surface area contributed by atoms with Gasteiger partial charge in [-0.05, 0) is 55.0 Å². The zero-order chi connectivity index (χ0) is 14.3. The molecule has 21 heavy (non-hydrogen) atoms. The fourth-order valence-corrected chi connectivity index (χ4v) is 2.74. The molecular weight excluding hydrogens is 264 g/mol. The minimum atomic E-state index is 0.339. The molecule has 1 unspecified atom stereocenters. The Hall–Kier alpha value is -1.36. The third-order valence-electron chi connectivity index (χ3n) is 3.92. The number of aromatic amines is 1. The van der Waals surface area contributed by atoms with Crippen molar-refractivity contribution in [3.63, 3.8) is 0 Å². The van der Waals surface area contributed by atoms with Crippen LogP contribution in [0, 0.1) is 0 Å². The van der Waals surface area contributed by atoms with Gasteiger partial charge in [0.25, 0.3) is 0 Å². The predicted octanol–water partition coefficient (Wildman–Crippen LogP) is 2.84. The summed E-state index contributed by atoms with van der Waals surface area (Å²) in [5.41, 5.74) is 2.52. The van der Waals surface area contributed by atoms with Crippen LogP contribution in [0.25, 0.3) is 10.9 Å². The maximum Gasteiger partial charge on any atom is 0.0809 e. The Balaban J connectivity index is 1.27. The summed E-state index contributed by atoms with van der Waals surface area (Å²) in [5.74, 6) is 0. The Morgan fingerprint density at radius 2 is 2.33 bits per heavy atom. The monoisotopic (exact) mass is 288 g/mol. The molecule has 0 aliphatic carbocycles. The molecule has 0 radical (unpaired) electrons. The van der Waals surface area contributed by atoms with Crippen molar-refractivity contribution in [2.75, 3.05) is 26.4 Å². The minimum absolute atomic E-state index is 0.339. The maximum atomic E-state index is 5.65. The molecular formula is C17H24N2O2. The molecule has 1 saturated heterocycles. The van der Waals surface area contributed by atoms with Crippen molar-refractivity contribution in [2.45, 2.75) is 31.9 Å². The van der Waals surface area contributed by atoms with Crippen LogP contribution in [0.5, 0.6) is 0 Å². The second-order valence-corrected chi connectivity index (χ2v) is 5.64. The zero-order valence-corrected chi connectivity index (χ0v) is 12.4. The summed E-state index contributed by atoms with van der Waals surface area (Å²) in [6.45, 7) is 4.36. The van der Waals surface area contributed by atoms with Crippen LogP contribution in [0.3, 0.4) is 0 Å². The summed E-state index contributed by atoms with van der Waals surface area (Å²) in [6.07, 6.45) is 5.69. The number of hydrogen-bond acceptors (Lipinski definition) is 3. The van der Waals surface area contributed by atoms with E-state index < -0.39 is 0 Å². The first-order valence-corrected chi connectivity index (χ1v) is 7.88. The highest BCUT2D eigenvalue weighted by molar-refractivity contribution is 5.79. The number of nitrogens with one attached hydrogen (secondary N) is 2. The van der Waals surface area contributed by atoms with Gasteiger partial charge in [0.05, 0.1) is 12.7 Å². The minimum Gasteiger partial charge on any atom is -0.379 e. The van der Waals surface area contributed by atoms with E-state index in [0.29, 0.717) is 6.10 Å². The van der Waals surface area contributed by atoms with Crippen LogP contribution in [0.15, 0.2) is 30.5 Å². The second-order valence-electron chi connectivity index (χ2n) is 5.64. The molecule has 0 saturated carbocycles. The fourth-order valence-electron chi connectivity index (χ4n) is 2.74. The van der Waals surface area contributed by atoms with Crippen molar-refractivity contribution < 1.29 is 9.47 Å². The molecule has 1 fully saturated rings. The van der Waals surface area contributed by atoms with Gasteiger partial charge in [-0.2, -0.15) is 0 Å². The number of hydrogen-bond donors (Lipinski definition) is 2. The first kappa shape index (κ1) is 14.6. The van der Waals surface area contributed by atoms with Gasteiger partial charge in [-0.1, -0.05) is 6.07 Å². The standard InChI is InChI=1S/C17H24N2O2/c1-3-16(21-10-1)13-20-9-2-7-18-12-14-4-5-17-15(11-14)6-8-19-17/h4-6,8,11,16,18-19H,1-3,7,9-10,12-13H2. The Labute approximate surface area is 125 Å². The number of fused-ring (bicyclic) bond motifs is 1. The highest BCUT2D eigenvalue weighted by Crippen LogP contribution is 2.14. The molecule has 1 aromatic carbocycles. The number of aromatic nitrogens is 1. The molecule has 114 valence electrons. The van der Waals surface area contributed by atoms with Crippen LogP contribution in [-0.2, 0) is 16.0 Å². The quantitative estimate of drug-likeness (QED) is 0.734. The van der Waals surface area contributed by atoms with Gasteiger partial charge >= 0.3 is 0 Å². The lowest BCUT2D eigenvalue weighted by atomic mass is 10.1. The van der Waals surface area contributed by atoms with Crippen LogP contribution in [0.2, 0.25) is 0 Å². The van der Waals surface area contributed by atoms with E-state index in [1.54, 1.807) is 0 Å². The lowest BCUT2D eigenvalue weighted by Crippen LogP contribution is -2.18. The van der Waals surface area contributed by atoms with Gasteiger partial charge in [-0.25, -0.2) is 0 Å². The largest absolute Gasteiger partial charge is 0.379 e. The molecule has 0 bridgehead atoms. The van der Waals surface area contributed by atoms with E-state index in [9.17, 15) is 0 Å². The Kier molecular flexibility index (Phi) is 5.27. The SMILES string of the molecule is c1cc2cc(CNCCCOCC3CCCO3)ccc2[nH]1. The van der Waals surface area contributed by atoms with Crippen LogP contribution in [-0.4, -0.2) is 37.5 Å². The van der Waals surface area contributed by atoms with E-state index in [2.05, 4.69) is 34.6 Å². The van der Waals surface area contributed by atoms with E-state index in [-0.39, 0.29) is 0 Å². The van der Waals surface area contributed by atoms with Crippen LogP contribution < -0.4 is 5.32 Å². The van der Waals surface area contributed by atoms with Gasteiger partial charge < -0.3 is 19.8 Å². The number of H-pyrrole nitrogens is 1. The highest BCUT2D eigenvalue weighted by atomic mass is 16.5. The van der Waals surface area contributed by atoms with Crippen LogP contribution in [0.1, 0.15) is 24.8 Å². The summed E-state index contributed by atoms with van der Waals surface area (Å²) in [6, 6.07) is 8.64. The van der Waals surface area contributed by atoms with E-state index in [4.69, 9.17) is 9.47 Å². The first-order valence-electron chi connectivity index (χ1n) is 7.88. The van der Waals surface area contributed by atoms with Crippen molar-refractivity contribution in [1.82, 2.24) is 10.3 Å². The van der Waals surface area contributed by atoms with Crippen LogP contribution in [0.4, 0.5) is 0 Å². The second kappa shape index (κ2) is 7.59. The topological polar surface area (TPSA) is 46.3 Å². The van der Waals surface area contributed by atoms with Gasteiger partial charge in [0.2, 0.25) is 0 Å². The van der Waals surface area contributed by atoms with Crippen LogP contribution >= 0.6 is 0 Å². The molecule has 1 aliphatic rings. The number of ether oxygens (including phenoxy) is 2. The lowest BCUT2D eigenvalue weighted by Gasteiger charge is -2.10. The molecule has 2 aromatic rings. The lowest BCUT2D eigenvalue weighted by molar-refractivity contribution is 0.0166. The van der Waals surface area contributed by atoms with Gasteiger partial charge in [0.1, 0.15) is 0 Å². The molecule has 4 heteroatoms. The third kappa shape index (κ3) is 4.30. The van der Waals surface area contributed by atoms with Crippen molar-refractivity contribution in [3.05, 3.63) is 36.0 Å². The smallest absolute Gasteiger partial charge is 0.0809 e. The molecule has 4 nitrogen and oxygen atoms in total. The molecule has 2 heterocycles. The Morgan fingerprint density at radius 3 is 3.24 bits per heavy atom. The van der Waals surface area contributed by atoms with E-state index >= 15 is 0 Å². The van der Waals surface area contributed by atoms with Crippen molar-refractivity contribution in [1.29, 1.82) is 0 Å². The summed E-state index contributed by atoms with van der Waals surface area (Å²) in [7, 11) is 0. The number of benzene rings is 1. The first-order chi connectivity index (χ1) is 10.4. The van der Waals surface area contributed by atoms with Gasteiger partial charge in [-0.15, -0.1) is 0 Å². The molecule has 0 spiro atoms. The molecule has 3 rings (SSSR count). The number of rotatable bonds is 8. The van der Waals surface area contributed by atoms with E-state index in [1.165, 1.54) is 22.9 Å². The van der Waals surface area contributed by atoms with Gasteiger partial charge in [0.15, 0.2) is 0 Å². The summed E-state index contributed by atoms with van der Waals surface area (Å²) in [4.78, 5) is 3.21. The molecule has 1 aliphatic heterocycles.